The molecule has 0 amide bonds. The Labute approximate surface area is 121 Å². The van der Waals surface area contributed by atoms with Crippen LogP contribution in [0.15, 0.2) is 22.1 Å². The van der Waals surface area contributed by atoms with E-state index in [9.17, 15) is 10.1 Å². The Bertz CT molecular complexity index is 617. The van der Waals surface area contributed by atoms with Gasteiger partial charge in [-0.1, -0.05) is 0 Å². The number of nitro groups is 1. The van der Waals surface area contributed by atoms with Crippen molar-refractivity contribution in [2.75, 3.05) is 0 Å². The number of aromatic nitrogens is 2. The van der Waals surface area contributed by atoms with Gasteiger partial charge in [0, 0.05) is 11.4 Å². The molecule has 100 valence electrons. The summed E-state index contributed by atoms with van der Waals surface area (Å²) in [5.41, 5.74) is 0.747. The molecule has 2 aromatic rings. The van der Waals surface area contributed by atoms with Crippen molar-refractivity contribution in [1.29, 1.82) is 0 Å². The van der Waals surface area contributed by atoms with Crippen LogP contribution in [0.4, 0.5) is 5.82 Å². The SMILES string of the molecule is Cc1nc(C(C)Oc2cc(Br)cnc2[N+](=O)[O-])cs1. The maximum Gasteiger partial charge on any atom is 0.406 e. The summed E-state index contributed by atoms with van der Waals surface area (Å²) in [6.45, 7) is 3.68. The van der Waals surface area contributed by atoms with Crippen LogP contribution in [0.25, 0.3) is 0 Å². The summed E-state index contributed by atoms with van der Waals surface area (Å²) in [6.07, 6.45) is 0.989. The third kappa shape index (κ3) is 3.27. The monoisotopic (exact) mass is 343 g/mol. The maximum atomic E-state index is 10.9. The molecule has 0 bridgehead atoms. The summed E-state index contributed by atoms with van der Waals surface area (Å²) >= 11 is 4.72. The summed E-state index contributed by atoms with van der Waals surface area (Å²) in [4.78, 5) is 18.4. The zero-order chi connectivity index (χ0) is 14.0. The van der Waals surface area contributed by atoms with Crippen LogP contribution >= 0.6 is 27.3 Å². The summed E-state index contributed by atoms with van der Waals surface area (Å²) in [7, 11) is 0. The molecule has 0 spiro atoms. The van der Waals surface area contributed by atoms with Crippen molar-refractivity contribution in [2.45, 2.75) is 20.0 Å². The van der Waals surface area contributed by atoms with Crippen molar-refractivity contribution in [3.05, 3.63) is 42.9 Å². The molecule has 0 N–H and O–H groups in total. The first-order chi connectivity index (χ1) is 8.97. The van der Waals surface area contributed by atoms with E-state index in [1.807, 2.05) is 12.3 Å². The van der Waals surface area contributed by atoms with Crippen molar-refractivity contribution in [3.8, 4) is 5.75 Å². The second-order valence-corrected chi connectivity index (χ2v) is 5.76. The molecule has 0 radical (unpaired) electrons. The first kappa shape index (κ1) is 13.9. The Kier molecular flexibility index (Phi) is 4.11. The highest BCUT2D eigenvalue weighted by Crippen LogP contribution is 2.31. The lowest BCUT2D eigenvalue weighted by molar-refractivity contribution is -0.390. The Balaban J connectivity index is 2.27. The van der Waals surface area contributed by atoms with Crippen LogP contribution in [0.5, 0.6) is 5.75 Å². The highest BCUT2D eigenvalue weighted by atomic mass is 79.9. The lowest BCUT2D eigenvalue weighted by Crippen LogP contribution is -2.06. The number of hydrogen-bond donors (Lipinski definition) is 0. The van der Waals surface area contributed by atoms with Crippen LogP contribution in [0, 0.1) is 17.0 Å². The fraction of sp³-hybridized carbons (Fsp3) is 0.273. The Morgan fingerprint density at radius 3 is 2.89 bits per heavy atom. The maximum absolute atomic E-state index is 10.9. The van der Waals surface area contributed by atoms with Crippen LogP contribution in [-0.2, 0) is 0 Å². The lowest BCUT2D eigenvalue weighted by Gasteiger charge is -2.12. The summed E-state index contributed by atoms with van der Waals surface area (Å²) in [5, 5.41) is 13.7. The smallest absolute Gasteiger partial charge is 0.406 e. The van der Waals surface area contributed by atoms with E-state index in [0.717, 1.165) is 10.7 Å². The van der Waals surface area contributed by atoms with E-state index in [1.165, 1.54) is 23.6 Å². The van der Waals surface area contributed by atoms with Gasteiger partial charge >= 0.3 is 5.82 Å². The largest absolute Gasteiger partial charge is 0.476 e. The predicted molar refractivity (Wildman–Crippen MR) is 74.5 cm³/mol. The first-order valence-corrected chi connectivity index (χ1v) is 7.03. The number of thiazole rings is 1. The minimum Gasteiger partial charge on any atom is -0.476 e. The number of rotatable bonds is 4. The number of hydrogen-bond acceptors (Lipinski definition) is 6. The van der Waals surface area contributed by atoms with E-state index in [2.05, 4.69) is 25.9 Å². The number of ether oxygens (including phenoxy) is 1. The summed E-state index contributed by atoms with van der Waals surface area (Å²) in [6, 6.07) is 1.53. The van der Waals surface area contributed by atoms with Gasteiger partial charge in [-0.2, -0.15) is 0 Å². The standard InChI is InChI=1S/C11H10BrN3O3S/c1-6(9-5-19-7(2)14-9)18-10-3-8(12)4-13-11(10)15(16)17/h3-6H,1-2H3. The van der Waals surface area contributed by atoms with Crippen LogP contribution < -0.4 is 4.74 Å². The molecule has 2 aromatic heterocycles. The second kappa shape index (κ2) is 5.62. The molecule has 2 rings (SSSR count). The molecule has 0 saturated carbocycles. The highest BCUT2D eigenvalue weighted by Gasteiger charge is 2.21. The van der Waals surface area contributed by atoms with Gasteiger partial charge in [0.2, 0.25) is 5.75 Å². The number of pyridine rings is 1. The van der Waals surface area contributed by atoms with Gasteiger partial charge < -0.3 is 14.9 Å². The number of aryl methyl sites for hydroxylation is 1. The topological polar surface area (TPSA) is 78.2 Å². The molecule has 0 fully saturated rings. The normalized spacial score (nSPS) is 12.2. The minimum absolute atomic E-state index is 0.123. The van der Waals surface area contributed by atoms with Gasteiger partial charge in [0.1, 0.15) is 6.10 Å². The zero-order valence-electron chi connectivity index (χ0n) is 10.2. The molecule has 8 heteroatoms. The van der Waals surface area contributed by atoms with E-state index in [1.54, 1.807) is 6.92 Å². The van der Waals surface area contributed by atoms with Crippen molar-refractivity contribution in [1.82, 2.24) is 9.97 Å². The van der Waals surface area contributed by atoms with Crippen LogP contribution in [-0.4, -0.2) is 14.9 Å². The zero-order valence-corrected chi connectivity index (χ0v) is 12.6. The highest BCUT2D eigenvalue weighted by molar-refractivity contribution is 9.10. The van der Waals surface area contributed by atoms with Gasteiger partial charge in [-0.25, -0.2) is 4.98 Å². The van der Waals surface area contributed by atoms with Gasteiger partial charge in [0.25, 0.3) is 0 Å². The Morgan fingerprint density at radius 1 is 1.58 bits per heavy atom. The lowest BCUT2D eigenvalue weighted by atomic mass is 10.3. The molecule has 0 aliphatic rings. The van der Waals surface area contributed by atoms with Gasteiger partial charge in [0.15, 0.2) is 6.20 Å². The van der Waals surface area contributed by atoms with E-state index in [-0.39, 0.29) is 17.7 Å². The molecule has 0 aliphatic heterocycles. The quantitative estimate of drug-likeness (QED) is 0.625. The summed E-state index contributed by atoms with van der Waals surface area (Å²) in [5.74, 6) is -0.181. The minimum atomic E-state index is -0.569. The van der Waals surface area contributed by atoms with E-state index in [0.29, 0.717) is 4.47 Å². The molecule has 1 atom stereocenters. The van der Waals surface area contributed by atoms with Gasteiger partial charge in [0.05, 0.1) is 15.2 Å². The van der Waals surface area contributed by atoms with Crippen LogP contribution in [0.3, 0.4) is 0 Å². The summed E-state index contributed by atoms with van der Waals surface area (Å²) < 4.78 is 6.22. The average Bonchev–Trinajstić information content (AvgIpc) is 2.75. The molecule has 0 aromatic carbocycles. The van der Waals surface area contributed by atoms with Crippen LogP contribution in [0.1, 0.15) is 23.7 Å². The van der Waals surface area contributed by atoms with E-state index < -0.39 is 4.92 Å². The molecule has 1 unspecified atom stereocenters. The first-order valence-electron chi connectivity index (χ1n) is 5.36. The molecule has 19 heavy (non-hydrogen) atoms. The second-order valence-electron chi connectivity index (χ2n) is 3.78. The fourth-order valence-electron chi connectivity index (χ4n) is 1.46. The Morgan fingerprint density at radius 2 is 2.32 bits per heavy atom. The molecule has 2 heterocycles. The van der Waals surface area contributed by atoms with E-state index >= 15 is 0 Å². The molecular weight excluding hydrogens is 334 g/mol. The third-order valence-corrected chi connectivity index (χ3v) is 3.55. The number of nitrogens with zero attached hydrogens (tertiary/aromatic N) is 3. The molecular formula is C11H10BrN3O3S. The Hall–Kier alpha value is -1.54. The van der Waals surface area contributed by atoms with Gasteiger partial charge in [-0.3, -0.25) is 0 Å². The molecule has 0 saturated heterocycles. The van der Waals surface area contributed by atoms with Crippen molar-refractivity contribution >= 4 is 33.1 Å². The van der Waals surface area contributed by atoms with Gasteiger partial charge in [-0.05, 0) is 39.7 Å². The molecule has 6 nitrogen and oxygen atoms in total. The third-order valence-electron chi connectivity index (χ3n) is 2.33. The molecule has 0 aliphatic carbocycles. The van der Waals surface area contributed by atoms with Crippen molar-refractivity contribution in [2.24, 2.45) is 0 Å². The average molecular weight is 344 g/mol. The number of halogens is 1. The predicted octanol–water partition coefficient (Wildman–Crippen LogP) is 3.66. The van der Waals surface area contributed by atoms with Crippen LogP contribution in [0.2, 0.25) is 0 Å². The van der Waals surface area contributed by atoms with Gasteiger partial charge in [-0.15, -0.1) is 11.3 Å². The van der Waals surface area contributed by atoms with Crippen molar-refractivity contribution in [3.63, 3.8) is 0 Å². The van der Waals surface area contributed by atoms with E-state index in [4.69, 9.17) is 4.74 Å². The van der Waals surface area contributed by atoms with Crippen molar-refractivity contribution < 1.29 is 9.66 Å². The fourth-order valence-corrected chi connectivity index (χ4v) is 2.46.